The average Bonchev–Trinajstić information content (AvgIpc) is 2.82. The fourth-order valence-corrected chi connectivity index (χ4v) is 9.20. The molecule has 0 bridgehead atoms. The number of thiazole rings is 1. The minimum atomic E-state index is -1.95. The molecule has 0 saturated carbocycles. The summed E-state index contributed by atoms with van der Waals surface area (Å²) in [6, 6.07) is 0. The fraction of sp³-hybridized carbons (Fsp3) is 0.643. The van der Waals surface area contributed by atoms with Gasteiger partial charge in [0, 0.05) is 17.1 Å². The van der Waals surface area contributed by atoms with Crippen LogP contribution in [-0.4, -0.2) is 13.3 Å². The zero-order valence-corrected chi connectivity index (χ0v) is 15.2. The first kappa shape index (κ1) is 16.7. The highest BCUT2D eigenvalue weighted by Crippen LogP contribution is 2.45. The van der Waals surface area contributed by atoms with Crippen molar-refractivity contribution in [1.29, 1.82) is 0 Å². The topological polar surface area (TPSA) is 22.1 Å². The van der Waals surface area contributed by atoms with Crippen molar-refractivity contribution < 1.29 is 4.43 Å². The Hall–Kier alpha value is -0.323. The number of hydrogen-bond acceptors (Lipinski definition) is 3. The summed E-state index contributed by atoms with van der Waals surface area (Å²) in [6.07, 6.45) is 1.78. The van der Waals surface area contributed by atoms with Gasteiger partial charge in [-0.2, -0.15) is 0 Å². The molecule has 0 fully saturated rings. The second kappa shape index (κ2) is 6.91. The van der Waals surface area contributed by atoms with Crippen molar-refractivity contribution in [3.63, 3.8) is 0 Å². The van der Waals surface area contributed by atoms with Crippen LogP contribution in [0.2, 0.25) is 16.6 Å². The molecule has 1 aromatic rings. The highest BCUT2D eigenvalue weighted by atomic mass is 35.5. The number of halogens is 1. The molecule has 2 nitrogen and oxygen atoms in total. The van der Waals surface area contributed by atoms with Crippen molar-refractivity contribution in [3.8, 4) is 0 Å². The molecule has 0 N–H and O–H groups in total. The van der Waals surface area contributed by atoms with E-state index in [1.165, 1.54) is 5.54 Å². The Morgan fingerprint density at radius 2 is 1.74 bits per heavy atom. The smallest absolute Gasteiger partial charge is 0.258 e. The molecule has 0 amide bonds. The van der Waals surface area contributed by atoms with Crippen LogP contribution in [0.3, 0.4) is 0 Å². The third-order valence-corrected chi connectivity index (χ3v) is 10.7. The van der Waals surface area contributed by atoms with Gasteiger partial charge < -0.3 is 4.43 Å². The Balaban J connectivity index is 3.14. The first-order chi connectivity index (χ1) is 8.86. The van der Waals surface area contributed by atoms with Gasteiger partial charge in [0.25, 0.3) is 8.32 Å². The van der Waals surface area contributed by atoms with Crippen LogP contribution in [0.4, 0.5) is 0 Å². The monoisotopic (exact) mass is 317 g/mol. The van der Waals surface area contributed by atoms with Gasteiger partial charge in [0.1, 0.15) is 0 Å². The molecule has 0 saturated heterocycles. The molecule has 1 aromatic heterocycles. The fourth-order valence-electron chi connectivity index (χ4n) is 3.00. The summed E-state index contributed by atoms with van der Waals surface area (Å²) in [6.45, 7) is 13.6. The Morgan fingerprint density at radius 3 is 2.05 bits per heavy atom. The molecule has 0 spiro atoms. The maximum absolute atomic E-state index is 6.53. The maximum Gasteiger partial charge on any atom is 0.258 e. The van der Waals surface area contributed by atoms with Crippen molar-refractivity contribution in [2.45, 2.75) is 58.2 Å². The number of hydrogen-bond donors (Lipinski definition) is 0. The van der Waals surface area contributed by atoms with Gasteiger partial charge in [-0.05, 0) is 16.6 Å². The van der Waals surface area contributed by atoms with E-state index in [-0.39, 0.29) is 0 Å². The molecule has 1 rings (SSSR count). The van der Waals surface area contributed by atoms with Crippen molar-refractivity contribution in [3.05, 3.63) is 22.1 Å². The molecule has 0 atom stereocenters. The highest BCUT2D eigenvalue weighted by Gasteiger charge is 2.47. The van der Waals surface area contributed by atoms with Crippen LogP contribution < -0.4 is 0 Å². The van der Waals surface area contributed by atoms with Crippen LogP contribution in [-0.2, 0) is 4.43 Å². The summed E-state index contributed by atoms with van der Waals surface area (Å²) in [4.78, 5) is 4.31. The molecular formula is C14H24ClNOSSi. The van der Waals surface area contributed by atoms with Gasteiger partial charge >= 0.3 is 0 Å². The quantitative estimate of drug-likeness (QED) is 0.483. The number of aromatic nitrogens is 1. The Labute approximate surface area is 127 Å². The Kier molecular flexibility index (Phi) is 6.08. The van der Waals surface area contributed by atoms with Crippen molar-refractivity contribution >= 4 is 37.0 Å². The lowest BCUT2D eigenvalue weighted by molar-refractivity contribution is 0.444. The molecular weight excluding hydrogens is 294 g/mol. The van der Waals surface area contributed by atoms with E-state index in [9.17, 15) is 0 Å². The van der Waals surface area contributed by atoms with E-state index in [0.29, 0.717) is 16.6 Å². The predicted molar refractivity (Wildman–Crippen MR) is 88.1 cm³/mol. The summed E-state index contributed by atoms with van der Waals surface area (Å²) in [5.74, 6) is 0.736. The van der Waals surface area contributed by atoms with Crippen LogP contribution in [0, 0.1) is 0 Å². The first-order valence-electron chi connectivity index (χ1n) is 6.75. The highest BCUT2D eigenvalue weighted by molar-refractivity contribution is 7.10. The van der Waals surface area contributed by atoms with Crippen molar-refractivity contribution in [2.75, 3.05) is 0 Å². The summed E-state index contributed by atoms with van der Waals surface area (Å²) in [7, 11) is -1.95. The molecule has 0 aliphatic rings. The first-order valence-corrected chi connectivity index (χ1v) is 10.2. The summed E-state index contributed by atoms with van der Waals surface area (Å²) >= 11 is 7.55. The van der Waals surface area contributed by atoms with Gasteiger partial charge in [-0.15, -0.1) is 11.3 Å². The average molecular weight is 318 g/mol. The van der Waals surface area contributed by atoms with Crippen LogP contribution in [0.1, 0.15) is 46.6 Å². The van der Waals surface area contributed by atoms with E-state index >= 15 is 0 Å². The molecule has 0 aliphatic carbocycles. The molecule has 5 heteroatoms. The molecule has 1 heterocycles. The number of nitrogens with zero attached hydrogens (tertiary/aromatic N) is 1. The van der Waals surface area contributed by atoms with Gasteiger partial charge in [-0.3, -0.25) is 0 Å². The molecule has 0 aromatic carbocycles. The molecule has 108 valence electrons. The van der Waals surface area contributed by atoms with Gasteiger partial charge in [0.15, 0.2) is 10.8 Å². The summed E-state index contributed by atoms with van der Waals surface area (Å²) < 4.78 is 6.53. The van der Waals surface area contributed by atoms with Gasteiger partial charge in [0.2, 0.25) is 0 Å². The second-order valence-electron chi connectivity index (χ2n) is 5.73. The van der Waals surface area contributed by atoms with E-state index in [0.717, 1.165) is 10.8 Å². The van der Waals surface area contributed by atoms with Gasteiger partial charge in [0.05, 0.1) is 0 Å². The van der Waals surface area contributed by atoms with E-state index < -0.39 is 8.32 Å². The molecule has 0 aliphatic heterocycles. The third-order valence-electron chi connectivity index (χ3n) is 3.74. The largest absolute Gasteiger partial charge is 0.540 e. The predicted octanol–water partition coefficient (Wildman–Crippen LogP) is 5.87. The van der Waals surface area contributed by atoms with Gasteiger partial charge in [-0.1, -0.05) is 53.1 Å². The minimum absolute atomic E-state index is 0.527. The van der Waals surface area contributed by atoms with Crippen LogP contribution in [0.5, 0.6) is 0 Å². The van der Waals surface area contributed by atoms with Crippen LogP contribution in [0.15, 0.2) is 17.1 Å². The van der Waals surface area contributed by atoms with Crippen molar-refractivity contribution in [1.82, 2.24) is 4.98 Å². The number of rotatable bonds is 6. The maximum atomic E-state index is 6.53. The Morgan fingerprint density at radius 1 is 1.21 bits per heavy atom. The zero-order valence-electron chi connectivity index (χ0n) is 12.6. The zero-order chi connectivity index (χ0) is 14.6. The molecule has 0 radical (unpaired) electrons. The van der Waals surface area contributed by atoms with E-state index in [1.807, 2.05) is 5.38 Å². The van der Waals surface area contributed by atoms with Gasteiger partial charge in [-0.25, -0.2) is 4.98 Å². The lowest BCUT2D eigenvalue weighted by Gasteiger charge is -2.42. The standard InChI is InChI=1S/C14H24ClNOSSi/c1-10(2)19(11(3)4,12(5)6)17-13(9-15)14-16-7-8-18-14/h7-12H,1-6H3/b13-9+. The third kappa shape index (κ3) is 3.41. The van der Waals surface area contributed by atoms with Crippen LogP contribution in [0.25, 0.3) is 5.76 Å². The molecule has 19 heavy (non-hydrogen) atoms. The summed E-state index contributed by atoms with van der Waals surface area (Å²) in [5.41, 5.74) is 3.12. The lowest BCUT2D eigenvalue weighted by atomic mass is 10.5. The van der Waals surface area contributed by atoms with E-state index in [1.54, 1.807) is 17.5 Å². The SMILES string of the molecule is CC(C)[Si](O/C(=C/Cl)c1nccs1)(C(C)C)C(C)C. The second-order valence-corrected chi connectivity index (χ2v) is 12.2. The van der Waals surface area contributed by atoms with Crippen LogP contribution >= 0.6 is 22.9 Å². The van der Waals surface area contributed by atoms with E-state index in [4.69, 9.17) is 16.0 Å². The molecule has 0 unspecified atom stereocenters. The Bertz CT molecular complexity index is 393. The minimum Gasteiger partial charge on any atom is -0.540 e. The van der Waals surface area contributed by atoms with E-state index in [2.05, 4.69) is 46.5 Å². The van der Waals surface area contributed by atoms with Crippen molar-refractivity contribution in [2.24, 2.45) is 0 Å². The summed E-state index contributed by atoms with van der Waals surface area (Å²) in [5, 5.41) is 2.82. The lowest BCUT2D eigenvalue weighted by Crippen LogP contribution is -2.47. The normalized spacial score (nSPS) is 13.7.